The van der Waals surface area contributed by atoms with Crippen LogP contribution in [0.3, 0.4) is 0 Å². The van der Waals surface area contributed by atoms with Crippen LogP contribution in [0.5, 0.6) is 0 Å². The number of rotatable bonds is 1. The van der Waals surface area contributed by atoms with Crippen LogP contribution in [0.4, 0.5) is 5.82 Å². The van der Waals surface area contributed by atoms with Crippen LogP contribution in [0.1, 0.15) is 5.56 Å². The summed E-state index contributed by atoms with van der Waals surface area (Å²) in [5, 5.41) is 0. The van der Waals surface area contributed by atoms with Gasteiger partial charge in [0.05, 0.1) is 0 Å². The van der Waals surface area contributed by atoms with Crippen LogP contribution in [-0.2, 0) is 21.1 Å². The van der Waals surface area contributed by atoms with Crippen LogP contribution in [0.15, 0.2) is 18.3 Å². The smallest absolute Gasteiger partial charge is 0.129 e. The Morgan fingerprint density at radius 3 is 2.35 bits per heavy atom. The largest absolute Gasteiger partial charge is 0.358 e. The molecule has 1 aliphatic rings. The zero-order chi connectivity index (χ0) is 13.0. The fraction of sp³-hybridized carbons (Fsp3) is 0.467. The van der Waals surface area contributed by atoms with Crippen molar-refractivity contribution in [3.05, 3.63) is 31.3 Å². The van der Waals surface area contributed by atoms with Crippen molar-refractivity contribution in [3.63, 3.8) is 0 Å². The van der Waals surface area contributed by atoms with E-state index in [4.69, 9.17) is 0 Å². The Morgan fingerprint density at radius 1 is 1.20 bits per heavy atom. The third-order valence-corrected chi connectivity index (χ3v) is 3.73. The fourth-order valence-electron chi connectivity index (χ4n) is 1.89. The molecular weight excluding hydrogens is 431 g/mol. The van der Waals surface area contributed by atoms with Crippen molar-refractivity contribution in [3.8, 4) is 11.5 Å². The first kappa shape index (κ1) is 19.5. The van der Waals surface area contributed by atoms with E-state index in [-0.39, 0.29) is 28.5 Å². The summed E-state index contributed by atoms with van der Waals surface area (Å²) in [6.07, 6.45) is 4.23. The molecule has 1 saturated heterocycles. The van der Waals surface area contributed by atoms with E-state index in [1.807, 2.05) is 6.20 Å². The van der Waals surface area contributed by atoms with E-state index in [9.17, 15) is 0 Å². The number of hydrogen-bond acceptors (Lipinski definition) is 2. The first-order chi connectivity index (χ1) is 8.54. The molecule has 0 atom stereocenters. The predicted molar refractivity (Wildman–Crippen MR) is 88.5 cm³/mol. The van der Waals surface area contributed by atoms with Gasteiger partial charge < -0.3 is 12.3 Å². The van der Waals surface area contributed by atoms with Gasteiger partial charge >= 0.3 is 0 Å². The monoisotopic (exact) mass is 454 g/mol. The van der Waals surface area contributed by atoms with Gasteiger partial charge in [-0.15, -0.1) is 5.54 Å². The van der Waals surface area contributed by atoms with Crippen molar-refractivity contribution >= 4 is 21.2 Å². The number of hydrogen-bond donors (Lipinski definition) is 0. The molecule has 0 amide bonds. The van der Waals surface area contributed by atoms with Crippen LogP contribution < -0.4 is 4.90 Å². The minimum Gasteiger partial charge on any atom is -0.358 e. The van der Waals surface area contributed by atoms with Crippen LogP contribution in [0.2, 0.25) is 32.3 Å². The van der Waals surface area contributed by atoms with Crippen molar-refractivity contribution in [1.82, 2.24) is 4.98 Å². The maximum absolute atomic E-state index is 4.53. The van der Waals surface area contributed by atoms with E-state index < -0.39 is 8.07 Å². The number of aromatic nitrogens is 1. The van der Waals surface area contributed by atoms with Crippen molar-refractivity contribution in [2.75, 3.05) is 18.0 Å². The van der Waals surface area contributed by atoms with Gasteiger partial charge in [-0.1, -0.05) is 38.2 Å². The van der Waals surface area contributed by atoms with E-state index in [0.717, 1.165) is 24.5 Å². The number of pyridine rings is 1. The molecule has 2 heterocycles. The molecule has 0 N–H and O–H groups in total. The predicted octanol–water partition coefficient (Wildman–Crippen LogP) is 3.12. The molecule has 1 aromatic heterocycles. The van der Waals surface area contributed by atoms with Gasteiger partial charge in [-0.25, -0.2) is 4.98 Å². The second-order valence-electron chi connectivity index (χ2n) is 5.76. The first-order valence-corrected chi connectivity index (χ1v) is 10.1. The molecule has 2 nitrogen and oxygen atoms in total. The van der Waals surface area contributed by atoms with E-state index >= 15 is 0 Å². The SMILES string of the molecule is C[Si](C)(C)C#Cc1ccc(N2CC[B]CC2)nc1.[CH3-].[W]. The van der Waals surface area contributed by atoms with Crippen LogP contribution >= 0.6 is 0 Å². The average molecular weight is 454 g/mol. The second kappa shape index (κ2) is 8.70. The van der Waals surface area contributed by atoms with Crippen molar-refractivity contribution < 1.29 is 21.1 Å². The van der Waals surface area contributed by atoms with E-state index in [1.54, 1.807) is 0 Å². The molecule has 0 bridgehead atoms. The minimum atomic E-state index is -1.29. The molecule has 0 spiro atoms. The van der Waals surface area contributed by atoms with Crippen LogP contribution in [-0.4, -0.2) is 33.4 Å². The molecule has 20 heavy (non-hydrogen) atoms. The van der Waals surface area contributed by atoms with Crippen molar-refractivity contribution in [1.29, 1.82) is 0 Å². The Hall–Kier alpha value is -0.520. The third-order valence-electron chi connectivity index (χ3n) is 2.86. The Kier molecular flexibility index (Phi) is 8.47. The van der Waals surface area contributed by atoms with Gasteiger partial charge in [-0.05, 0) is 12.1 Å². The standard InChI is InChI=1S/C14H20BN2Si.CH3.W/c1-18(2,3)11-6-13-4-5-14(16-12-13)17-9-7-15-8-10-17;;/h4-5,12H,7-10H2,1-3H3;1H3;/q;-1;. The summed E-state index contributed by atoms with van der Waals surface area (Å²) >= 11 is 0. The minimum absolute atomic E-state index is 0. The molecule has 0 aliphatic carbocycles. The van der Waals surface area contributed by atoms with Crippen LogP contribution in [0.25, 0.3) is 0 Å². The van der Waals surface area contributed by atoms with E-state index in [1.165, 1.54) is 12.6 Å². The normalized spacial score (nSPS) is 14.1. The van der Waals surface area contributed by atoms with Gasteiger partial charge in [0.1, 0.15) is 21.2 Å². The summed E-state index contributed by atoms with van der Waals surface area (Å²) < 4.78 is 0. The topological polar surface area (TPSA) is 16.1 Å². The third kappa shape index (κ3) is 6.29. The maximum Gasteiger partial charge on any atom is 0.129 e. The fourth-order valence-corrected chi connectivity index (χ4v) is 2.41. The van der Waals surface area contributed by atoms with Crippen LogP contribution in [0, 0.1) is 18.9 Å². The molecule has 1 aliphatic heterocycles. The molecule has 1 fully saturated rings. The summed E-state index contributed by atoms with van der Waals surface area (Å²) in [5.74, 6) is 4.32. The number of nitrogens with zero attached hydrogens (tertiary/aromatic N) is 2. The Morgan fingerprint density at radius 2 is 1.85 bits per heavy atom. The Bertz CT molecular complexity index is 453. The van der Waals surface area contributed by atoms with Gasteiger partial charge in [-0.2, -0.15) is 0 Å². The van der Waals surface area contributed by atoms with Gasteiger partial charge in [0, 0.05) is 45.9 Å². The van der Waals surface area contributed by atoms with Gasteiger partial charge in [-0.3, -0.25) is 0 Å². The molecule has 1 radical (unpaired) electrons. The van der Waals surface area contributed by atoms with Gasteiger partial charge in [0.2, 0.25) is 0 Å². The van der Waals surface area contributed by atoms with Crippen molar-refractivity contribution in [2.45, 2.75) is 32.3 Å². The zero-order valence-electron chi connectivity index (χ0n) is 12.9. The molecule has 107 valence electrons. The number of anilines is 1. The molecule has 0 unspecified atom stereocenters. The quantitative estimate of drug-likeness (QED) is 0.369. The maximum atomic E-state index is 4.53. The molecule has 0 saturated carbocycles. The first-order valence-electron chi connectivity index (χ1n) is 6.60. The second-order valence-corrected chi connectivity index (χ2v) is 10.5. The summed E-state index contributed by atoms with van der Waals surface area (Å²) in [6, 6.07) is 4.19. The Balaban J connectivity index is 0.00000180. The van der Waals surface area contributed by atoms with E-state index in [0.29, 0.717) is 0 Å². The summed E-state index contributed by atoms with van der Waals surface area (Å²) in [7, 11) is 1.06. The summed E-state index contributed by atoms with van der Waals surface area (Å²) in [4.78, 5) is 6.87. The van der Waals surface area contributed by atoms with Gasteiger partial charge in [0.15, 0.2) is 0 Å². The molecule has 2 rings (SSSR count). The summed E-state index contributed by atoms with van der Waals surface area (Å²) in [5.41, 5.74) is 4.40. The Labute approximate surface area is 140 Å². The van der Waals surface area contributed by atoms with E-state index in [2.05, 4.69) is 60.4 Å². The molecule has 0 aromatic carbocycles. The average Bonchev–Trinajstić information content (AvgIpc) is 2.37. The zero-order valence-corrected chi connectivity index (χ0v) is 16.9. The van der Waals surface area contributed by atoms with Crippen molar-refractivity contribution in [2.24, 2.45) is 0 Å². The summed E-state index contributed by atoms with van der Waals surface area (Å²) in [6.45, 7) is 8.95. The van der Waals surface area contributed by atoms with Gasteiger partial charge in [0.25, 0.3) is 0 Å². The molecule has 5 heteroatoms. The molecular formula is C15H23BN2SiW-. The molecule has 1 aromatic rings.